The fourth-order valence-electron chi connectivity index (χ4n) is 2.14. The first-order valence-corrected chi connectivity index (χ1v) is 5.83. The average Bonchev–Trinajstić information content (AvgIpc) is 2.74. The average molecular weight is 282 g/mol. The molecule has 1 aliphatic rings. The van der Waals surface area contributed by atoms with E-state index >= 15 is 0 Å². The number of hydrogen-bond donors (Lipinski definition) is 3. The summed E-state index contributed by atoms with van der Waals surface area (Å²) in [4.78, 5) is 17.9. The number of rotatable bonds is 4. The maximum Gasteiger partial charge on any atom is 0.351 e. The van der Waals surface area contributed by atoms with E-state index in [0.29, 0.717) is 0 Å². The summed E-state index contributed by atoms with van der Waals surface area (Å²) in [6.45, 7) is -0.596. The van der Waals surface area contributed by atoms with Crippen LogP contribution in [0, 0.1) is 0 Å². The molecule has 0 saturated carbocycles. The van der Waals surface area contributed by atoms with Crippen molar-refractivity contribution in [3.05, 3.63) is 33.2 Å². The normalized spacial score (nSPS) is 29.1. The summed E-state index contributed by atoms with van der Waals surface area (Å²) in [6.07, 6.45) is -0.681. The van der Waals surface area contributed by atoms with E-state index < -0.39 is 30.2 Å². The molecule has 2 heterocycles. The second-order valence-corrected chi connectivity index (χ2v) is 4.55. The summed E-state index contributed by atoms with van der Waals surface area (Å²) in [6, 6.07) is 1.39. The Morgan fingerprint density at radius 3 is 3.10 bits per heavy atom. The van der Waals surface area contributed by atoms with Crippen molar-refractivity contribution in [3.63, 3.8) is 0 Å². The number of anilines is 1. The third kappa shape index (κ3) is 2.58. The molecule has 3 atom stereocenters. The quantitative estimate of drug-likeness (QED) is 0.370. The molecule has 1 aromatic rings. The Hall–Kier alpha value is -2.13. The van der Waals surface area contributed by atoms with Gasteiger partial charge in [0.2, 0.25) is 0 Å². The molecule has 0 unspecified atom stereocenters. The minimum absolute atomic E-state index is 0.0317. The highest BCUT2D eigenvalue weighted by Crippen LogP contribution is 2.36. The zero-order valence-corrected chi connectivity index (χ0v) is 10.5. The Labute approximate surface area is 113 Å². The summed E-state index contributed by atoms with van der Waals surface area (Å²) in [5, 5.41) is 22.8. The second-order valence-electron chi connectivity index (χ2n) is 4.55. The zero-order valence-electron chi connectivity index (χ0n) is 10.5. The van der Waals surface area contributed by atoms with E-state index in [-0.39, 0.29) is 18.8 Å². The van der Waals surface area contributed by atoms with E-state index in [1.807, 2.05) is 0 Å². The fraction of sp³-hybridized carbons (Fsp3) is 0.600. The van der Waals surface area contributed by atoms with Crippen molar-refractivity contribution in [2.45, 2.75) is 24.4 Å². The molecule has 0 spiro atoms. The van der Waals surface area contributed by atoms with E-state index in [4.69, 9.17) is 16.0 Å². The van der Waals surface area contributed by atoms with Crippen LogP contribution in [-0.2, 0) is 4.74 Å². The van der Waals surface area contributed by atoms with Gasteiger partial charge in [-0.2, -0.15) is 4.98 Å². The summed E-state index contributed by atoms with van der Waals surface area (Å²) >= 11 is 0. The topological polar surface area (TPSA) is 159 Å². The van der Waals surface area contributed by atoms with Gasteiger partial charge in [0.25, 0.3) is 0 Å². The van der Waals surface area contributed by atoms with Crippen molar-refractivity contribution in [2.75, 3.05) is 18.9 Å². The van der Waals surface area contributed by atoms with Crippen LogP contribution < -0.4 is 11.4 Å². The van der Waals surface area contributed by atoms with Crippen LogP contribution in [0.5, 0.6) is 0 Å². The van der Waals surface area contributed by atoms with Gasteiger partial charge < -0.3 is 20.7 Å². The molecule has 1 aliphatic heterocycles. The van der Waals surface area contributed by atoms with E-state index in [9.17, 15) is 15.0 Å². The number of ether oxygens (including phenoxy) is 1. The van der Waals surface area contributed by atoms with E-state index in [1.165, 1.54) is 12.3 Å². The lowest BCUT2D eigenvalue weighted by Crippen LogP contribution is -2.37. The van der Waals surface area contributed by atoms with Gasteiger partial charge >= 0.3 is 5.69 Å². The third-order valence-corrected chi connectivity index (χ3v) is 3.12. The van der Waals surface area contributed by atoms with Gasteiger partial charge in [-0.05, 0) is 11.6 Å². The predicted molar refractivity (Wildman–Crippen MR) is 67.5 cm³/mol. The Morgan fingerprint density at radius 2 is 2.50 bits per heavy atom. The second kappa shape index (κ2) is 5.47. The van der Waals surface area contributed by atoms with Crippen molar-refractivity contribution in [3.8, 4) is 0 Å². The lowest BCUT2D eigenvalue weighted by molar-refractivity contribution is -0.105. The number of azide groups is 1. The Balaban J connectivity index is 2.30. The van der Waals surface area contributed by atoms with Gasteiger partial charge in [-0.3, -0.25) is 4.57 Å². The Bertz CT molecular complexity index is 598. The lowest BCUT2D eigenvalue weighted by Gasteiger charge is -2.25. The van der Waals surface area contributed by atoms with Crippen LogP contribution in [0.15, 0.2) is 22.2 Å². The number of aliphatic hydroxyl groups excluding tert-OH is 2. The number of aromatic nitrogens is 2. The maximum absolute atomic E-state index is 11.7. The minimum atomic E-state index is -1.21. The molecule has 0 radical (unpaired) electrons. The van der Waals surface area contributed by atoms with Gasteiger partial charge in [0.05, 0.1) is 13.2 Å². The van der Waals surface area contributed by atoms with E-state index in [1.54, 1.807) is 0 Å². The van der Waals surface area contributed by atoms with E-state index in [0.717, 1.165) is 4.57 Å². The highest BCUT2D eigenvalue weighted by Gasteiger charge is 2.46. The van der Waals surface area contributed by atoms with Gasteiger partial charge in [-0.1, -0.05) is 5.11 Å². The SMILES string of the molecule is [N-]=[N+]=NC[C@@]1(CO)C[C@H](O)[C@H](n2ccc(N)nc2=O)O1. The molecule has 0 aromatic carbocycles. The molecule has 10 nitrogen and oxygen atoms in total. The molecule has 10 heteroatoms. The lowest BCUT2D eigenvalue weighted by atomic mass is 10.0. The molecular formula is C10H14N6O4. The van der Waals surface area contributed by atoms with Gasteiger partial charge in [-0.15, -0.1) is 0 Å². The van der Waals surface area contributed by atoms with E-state index in [2.05, 4.69) is 15.0 Å². The summed E-state index contributed by atoms with van der Waals surface area (Å²) in [5.41, 5.74) is 11.8. The van der Waals surface area contributed by atoms with Crippen LogP contribution in [-0.4, -0.2) is 44.6 Å². The molecule has 0 amide bonds. The fourth-order valence-corrected chi connectivity index (χ4v) is 2.14. The molecule has 1 fully saturated rings. The number of aliphatic hydroxyl groups is 2. The summed E-state index contributed by atoms with van der Waals surface area (Å²) < 4.78 is 6.61. The Morgan fingerprint density at radius 1 is 1.75 bits per heavy atom. The first-order valence-electron chi connectivity index (χ1n) is 5.83. The van der Waals surface area contributed by atoms with Crippen LogP contribution in [0.3, 0.4) is 0 Å². The van der Waals surface area contributed by atoms with Crippen molar-refractivity contribution in [1.29, 1.82) is 0 Å². The first-order chi connectivity index (χ1) is 9.51. The molecule has 4 N–H and O–H groups in total. The van der Waals surface area contributed by atoms with Crippen LogP contribution in [0.25, 0.3) is 10.4 Å². The Kier molecular flexibility index (Phi) is 3.91. The zero-order chi connectivity index (χ0) is 14.8. The van der Waals surface area contributed by atoms with Crippen LogP contribution in [0.1, 0.15) is 12.6 Å². The standard InChI is InChI=1S/C10H14N6O4/c11-7-1-2-16(9(19)14-7)8-6(18)3-10(5-17,20-8)4-13-15-12/h1-2,6,8,17-18H,3-5H2,(H2,11,14,19)/t6-,8+,10+/m0/s1. The molecular weight excluding hydrogens is 268 g/mol. The molecule has 20 heavy (non-hydrogen) atoms. The number of hydrogen-bond acceptors (Lipinski definition) is 7. The van der Waals surface area contributed by atoms with Gasteiger partial charge in [-0.25, -0.2) is 4.79 Å². The molecule has 1 aromatic heterocycles. The predicted octanol–water partition coefficient (Wildman–Crippen LogP) is -0.853. The number of nitrogens with two attached hydrogens (primary N) is 1. The van der Waals surface area contributed by atoms with Crippen molar-refractivity contribution in [1.82, 2.24) is 9.55 Å². The van der Waals surface area contributed by atoms with Crippen LogP contribution in [0.2, 0.25) is 0 Å². The van der Waals surface area contributed by atoms with Crippen molar-refractivity contribution < 1.29 is 14.9 Å². The molecule has 0 bridgehead atoms. The third-order valence-electron chi connectivity index (χ3n) is 3.12. The molecule has 2 rings (SSSR count). The first kappa shape index (κ1) is 14.3. The summed E-state index contributed by atoms with van der Waals surface area (Å²) in [7, 11) is 0. The minimum Gasteiger partial charge on any atom is -0.393 e. The smallest absolute Gasteiger partial charge is 0.351 e. The highest BCUT2D eigenvalue weighted by molar-refractivity contribution is 5.23. The monoisotopic (exact) mass is 282 g/mol. The van der Waals surface area contributed by atoms with Crippen molar-refractivity contribution >= 4 is 5.82 Å². The largest absolute Gasteiger partial charge is 0.393 e. The van der Waals surface area contributed by atoms with Gasteiger partial charge in [0.1, 0.15) is 17.5 Å². The van der Waals surface area contributed by atoms with Gasteiger partial charge in [0, 0.05) is 17.5 Å². The summed E-state index contributed by atoms with van der Waals surface area (Å²) in [5.74, 6) is 0.0567. The highest BCUT2D eigenvalue weighted by atomic mass is 16.6. The molecule has 0 aliphatic carbocycles. The maximum atomic E-state index is 11.7. The van der Waals surface area contributed by atoms with Crippen LogP contribution >= 0.6 is 0 Å². The molecule has 1 saturated heterocycles. The molecule has 108 valence electrons. The number of nitrogens with zero attached hydrogens (tertiary/aromatic N) is 5. The number of nitrogen functional groups attached to an aromatic ring is 1. The van der Waals surface area contributed by atoms with Gasteiger partial charge in [0.15, 0.2) is 6.23 Å². The van der Waals surface area contributed by atoms with Crippen LogP contribution in [0.4, 0.5) is 5.82 Å². The van der Waals surface area contributed by atoms with Crippen molar-refractivity contribution in [2.24, 2.45) is 5.11 Å².